The molecule has 1 aromatic carbocycles. The maximum absolute atomic E-state index is 11.6. The number of halogens is 3. The highest BCUT2D eigenvalue weighted by Gasteiger charge is 2.09. The van der Waals surface area contributed by atoms with E-state index < -0.39 is 0 Å². The lowest BCUT2D eigenvalue weighted by Gasteiger charge is -2.08. The molecule has 0 saturated heterocycles. The van der Waals surface area contributed by atoms with Gasteiger partial charge in [-0.05, 0) is 24.2 Å². The number of likely N-dealkylation sites (N-methyl/N-ethyl adjacent to an activating group) is 1. The van der Waals surface area contributed by atoms with Gasteiger partial charge in [0.15, 0.2) is 0 Å². The molecule has 102 valence electrons. The Bertz CT molecular complexity index is 365. The Hall–Kier alpha value is -0.480. The molecule has 0 atom stereocenters. The first kappa shape index (κ1) is 17.5. The Morgan fingerprint density at radius 1 is 1.22 bits per heavy atom. The van der Waals surface area contributed by atoms with Crippen molar-refractivity contribution in [1.82, 2.24) is 10.6 Å². The van der Waals surface area contributed by atoms with E-state index in [2.05, 4.69) is 10.6 Å². The van der Waals surface area contributed by atoms with Gasteiger partial charge in [-0.15, -0.1) is 12.4 Å². The van der Waals surface area contributed by atoms with Gasteiger partial charge in [-0.2, -0.15) is 0 Å². The second kappa shape index (κ2) is 9.45. The fourth-order valence-electron chi connectivity index (χ4n) is 1.39. The third-order valence-corrected chi connectivity index (χ3v) is 2.98. The van der Waals surface area contributed by atoms with Crippen LogP contribution in [0.25, 0.3) is 0 Å². The minimum Gasteiger partial charge on any atom is -0.355 e. The van der Waals surface area contributed by atoms with E-state index >= 15 is 0 Å². The van der Waals surface area contributed by atoms with Crippen LogP contribution in [0, 0.1) is 0 Å². The molecular weight excluding hydrogens is 295 g/mol. The Kier molecular flexibility index (Phi) is 9.20. The number of hydrogen-bond donors (Lipinski definition) is 2. The van der Waals surface area contributed by atoms with E-state index in [1.54, 1.807) is 18.2 Å². The highest BCUT2D eigenvalue weighted by atomic mass is 35.5. The van der Waals surface area contributed by atoms with E-state index in [0.717, 1.165) is 13.1 Å². The van der Waals surface area contributed by atoms with Crippen LogP contribution in [0.1, 0.15) is 12.5 Å². The van der Waals surface area contributed by atoms with Crippen molar-refractivity contribution in [3.8, 4) is 0 Å². The van der Waals surface area contributed by atoms with E-state index in [-0.39, 0.29) is 24.7 Å². The number of rotatable bonds is 6. The van der Waals surface area contributed by atoms with E-state index in [9.17, 15) is 4.79 Å². The summed E-state index contributed by atoms with van der Waals surface area (Å²) in [7, 11) is 0. The molecule has 1 aromatic rings. The first-order chi connectivity index (χ1) is 8.15. The monoisotopic (exact) mass is 310 g/mol. The molecule has 0 aliphatic rings. The van der Waals surface area contributed by atoms with E-state index in [1.807, 2.05) is 6.92 Å². The van der Waals surface area contributed by atoms with Gasteiger partial charge in [-0.1, -0.05) is 36.2 Å². The van der Waals surface area contributed by atoms with Crippen molar-refractivity contribution in [2.45, 2.75) is 13.3 Å². The summed E-state index contributed by atoms with van der Waals surface area (Å²) in [6.07, 6.45) is 0.213. The molecule has 0 spiro atoms. The van der Waals surface area contributed by atoms with E-state index in [4.69, 9.17) is 23.2 Å². The largest absolute Gasteiger partial charge is 0.355 e. The van der Waals surface area contributed by atoms with Crippen LogP contribution in [0.2, 0.25) is 10.0 Å². The molecule has 0 aliphatic carbocycles. The first-order valence-electron chi connectivity index (χ1n) is 5.55. The number of carbonyl (C=O) groups excluding carboxylic acids is 1. The van der Waals surface area contributed by atoms with E-state index in [0.29, 0.717) is 22.2 Å². The summed E-state index contributed by atoms with van der Waals surface area (Å²) in [4.78, 5) is 11.6. The maximum Gasteiger partial charge on any atom is 0.224 e. The third-order valence-electron chi connectivity index (χ3n) is 2.27. The van der Waals surface area contributed by atoms with Crippen LogP contribution in [0.3, 0.4) is 0 Å². The topological polar surface area (TPSA) is 41.1 Å². The lowest BCUT2D eigenvalue weighted by Crippen LogP contribution is -2.32. The normalized spacial score (nSPS) is 9.72. The fraction of sp³-hybridized carbons (Fsp3) is 0.417. The molecular formula is C12H17Cl3N2O. The average Bonchev–Trinajstić information content (AvgIpc) is 2.30. The van der Waals surface area contributed by atoms with Gasteiger partial charge in [0.1, 0.15) is 0 Å². The minimum atomic E-state index is -0.0714. The van der Waals surface area contributed by atoms with Crippen molar-refractivity contribution in [1.29, 1.82) is 0 Å². The van der Waals surface area contributed by atoms with Gasteiger partial charge in [0.05, 0.1) is 6.42 Å². The SMILES string of the molecule is CCNCCNC(=O)Cc1c(Cl)cccc1Cl.Cl. The molecule has 0 saturated carbocycles. The number of benzene rings is 1. The smallest absolute Gasteiger partial charge is 0.224 e. The van der Waals surface area contributed by atoms with Crippen LogP contribution < -0.4 is 10.6 Å². The molecule has 18 heavy (non-hydrogen) atoms. The Morgan fingerprint density at radius 3 is 2.39 bits per heavy atom. The number of carbonyl (C=O) groups is 1. The predicted octanol–water partition coefficient (Wildman–Crippen LogP) is 2.68. The minimum absolute atomic E-state index is 0. The third kappa shape index (κ3) is 5.91. The summed E-state index contributed by atoms with van der Waals surface area (Å²) < 4.78 is 0. The lowest BCUT2D eigenvalue weighted by molar-refractivity contribution is -0.120. The molecule has 0 unspecified atom stereocenters. The first-order valence-corrected chi connectivity index (χ1v) is 6.31. The van der Waals surface area contributed by atoms with E-state index in [1.165, 1.54) is 0 Å². The molecule has 0 radical (unpaired) electrons. The molecule has 0 fully saturated rings. The Balaban J connectivity index is 0.00000289. The van der Waals surface area contributed by atoms with Crippen LogP contribution in [0.15, 0.2) is 18.2 Å². The van der Waals surface area contributed by atoms with Crippen molar-refractivity contribution in [2.75, 3.05) is 19.6 Å². The maximum atomic E-state index is 11.6. The summed E-state index contributed by atoms with van der Waals surface area (Å²) in [5.74, 6) is -0.0714. The number of hydrogen-bond acceptors (Lipinski definition) is 2. The van der Waals surface area contributed by atoms with Crippen molar-refractivity contribution >= 4 is 41.5 Å². The zero-order valence-electron chi connectivity index (χ0n) is 10.1. The summed E-state index contributed by atoms with van der Waals surface area (Å²) in [6.45, 7) is 4.28. The van der Waals surface area contributed by atoms with Crippen LogP contribution in [0.4, 0.5) is 0 Å². The predicted molar refractivity (Wildman–Crippen MR) is 79.0 cm³/mol. The molecule has 1 rings (SSSR count). The van der Waals surface area contributed by atoms with Crippen LogP contribution >= 0.6 is 35.6 Å². The summed E-state index contributed by atoms with van der Waals surface area (Å²) >= 11 is 12.0. The highest BCUT2D eigenvalue weighted by Crippen LogP contribution is 2.24. The van der Waals surface area contributed by atoms with Crippen LogP contribution in [-0.2, 0) is 11.2 Å². The molecule has 0 heterocycles. The zero-order valence-corrected chi connectivity index (χ0v) is 12.5. The summed E-state index contributed by atoms with van der Waals surface area (Å²) in [5.41, 5.74) is 0.678. The van der Waals surface area contributed by atoms with Gasteiger partial charge in [0, 0.05) is 23.1 Å². The lowest BCUT2D eigenvalue weighted by atomic mass is 10.1. The van der Waals surface area contributed by atoms with Gasteiger partial charge in [-0.3, -0.25) is 4.79 Å². The second-order valence-corrected chi connectivity index (χ2v) is 4.39. The molecule has 0 bridgehead atoms. The molecule has 2 N–H and O–H groups in total. The molecule has 3 nitrogen and oxygen atoms in total. The van der Waals surface area contributed by atoms with Crippen molar-refractivity contribution in [2.24, 2.45) is 0 Å². The van der Waals surface area contributed by atoms with Gasteiger partial charge in [0.25, 0.3) is 0 Å². The molecule has 0 aromatic heterocycles. The van der Waals surface area contributed by atoms with Gasteiger partial charge in [-0.25, -0.2) is 0 Å². The van der Waals surface area contributed by atoms with Crippen molar-refractivity contribution in [3.63, 3.8) is 0 Å². The number of nitrogens with one attached hydrogen (secondary N) is 2. The molecule has 1 amide bonds. The molecule has 0 aliphatic heterocycles. The van der Waals surface area contributed by atoms with Gasteiger partial charge < -0.3 is 10.6 Å². The van der Waals surface area contributed by atoms with Crippen molar-refractivity contribution < 1.29 is 4.79 Å². The van der Waals surface area contributed by atoms with Gasteiger partial charge >= 0.3 is 0 Å². The number of amides is 1. The average molecular weight is 312 g/mol. The summed E-state index contributed by atoms with van der Waals surface area (Å²) in [5, 5.41) is 6.98. The Labute approximate surface area is 124 Å². The van der Waals surface area contributed by atoms with Crippen LogP contribution in [0.5, 0.6) is 0 Å². The quantitative estimate of drug-likeness (QED) is 0.793. The standard InChI is InChI=1S/C12H16Cl2N2O.ClH/c1-2-15-6-7-16-12(17)8-9-10(13)4-3-5-11(9)14;/h3-5,15H,2,6-8H2,1H3,(H,16,17);1H. The summed E-state index contributed by atoms with van der Waals surface area (Å²) in [6, 6.07) is 5.22. The second-order valence-electron chi connectivity index (χ2n) is 3.58. The van der Waals surface area contributed by atoms with Crippen LogP contribution in [-0.4, -0.2) is 25.5 Å². The molecule has 6 heteroatoms. The highest BCUT2D eigenvalue weighted by molar-refractivity contribution is 6.36. The van der Waals surface area contributed by atoms with Gasteiger partial charge in [0.2, 0.25) is 5.91 Å². The fourth-order valence-corrected chi connectivity index (χ4v) is 1.92. The Morgan fingerprint density at radius 2 is 1.83 bits per heavy atom. The van der Waals surface area contributed by atoms with Crippen molar-refractivity contribution in [3.05, 3.63) is 33.8 Å². The zero-order chi connectivity index (χ0) is 12.7.